The molecule has 9 nitrogen and oxygen atoms in total. The molecule has 2 atom stereocenters. The second-order valence-electron chi connectivity index (χ2n) is 11.1. The summed E-state index contributed by atoms with van der Waals surface area (Å²) >= 11 is 0. The van der Waals surface area contributed by atoms with Crippen molar-refractivity contribution in [3.8, 4) is 0 Å². The minimum Gasteiger partial charge on any atom is -0.369 e. The molecule has 1 amide bonds. The molecule has 0 saturated heterocycles. The van der Waals surface area contributed by atoms with Crippen LogP contribution in [0, 0.1) is 39.2 Å². The molecule has 1 aromatic rings. The van der Waals surface area contributed by atoms with Crippen LogP contribution in [-0.2, 0) is 25.8 Å². The van der Waals surface area contributed by atoms with Gasteiger partial charge in [-0.3, -0.25) is 19.7 Å². The number of alkyl halides is 3. The first-order valence-electron chi connectivity index (χ1n) is 11.7. The Morgan fingerprint density at radius 1 is 1.17 bits per heavy atom. The van der Waals surface area contributed by atoms with Gasteiger partial charge >= 0.3 is 6.18 Å². The lowest BCUT2D eigenvalue weighted by molar-refractivity contribution is -0.388. The third-order valence-electron chi connectivity index (χ3n) is 8.28. The minimum atomic E-state index is -5.15. The molecule has 0 spiro atoms. The summed E-state index contributed by atoms with van der Waals surface area (Å²) in [6.45, 7) is 2.67. The molecular weight excluding hydrogens is 503 g/mol. The monoisotopic (exact) mass is 531 g/mol. The van der Waals surface area contributed by atoms with Gasteiger partial charge in [-0.1, -0.05) is 0 Å². The number of hydrogen-bond acceptors (Lipinski definition) is 6. The quantitative estimate of drug-likeness (QED) is 0.387. The van der Waals surface area contributed by atoms with Crippen molar-refractivity contribution < 1.29 is 36.1 Å². The molecule has 2 unspecified atom stereocenters. The van der Waals surface area contributed by atoms with Crippen LogP contribution in [0.15, 0.2) is 23.1 Å². The number of nitrogens with two attached hydrogens (primary N) is 1. The van der Waals surface area contributed by atoms with Gasteiger partial charge < -0.3 is 5.73 Å². The Labute approximate surface area is 206 Å². The smallest absolute Gasteiger partial charge is 0.369 e. The lowest BCUT2D eigenvalue weighted by atomic mass is 9.45. The van der Waals surface area contributed by atoms with Crippen molar-refractivity contribution in [1.29, 1.82) is 0 Å². The number of halogens is 3. The van der Waals surface area contributed by atoms with Crippen LogP contribution in [0.1, 0.15) is 57.9 Å². The fourth-order valence-corrected chi connectivity index (χ4v) is 8.18. The molecule has 198 valence electrons. The van der Waals surface area contributed by atoms with Crippen LogP contribution in [0.3, 0.4) is 0 Å². The number of benzene rings is 1. The van der Waals surface area contributed by atoms with Gasteiger partial charge in [0.2, 0.25) is 15.9 Å². The molecule has 4 fully saturated rings. The third-order valence-corrected chi connectivity index (χ3v) is 9.93. The molecule has 4 aliphatic rings. The fraction of sp³-hybridized carbons (Fsp3) is 0.652. The van der Waals surface area contributed by atoms with E-state index in [-0.39, 0.29) is 36.1 Å². The number of nitrogens with zero attached hydrogens (tertiary/aromatic N) is 1. The van der Waals surface area contributed by atoms with Crippen molar-refractivity contribution in [2.24, 2.45) is 34.8 Å². The van der Waals surface area contributed by atoms with Crippen LogP contribution in [0.25, 0.3) is 0 Å². The Bertz CT molecular complexity index is 1210. The van der Waals surface area contributed by atoms with E-state index < -0.39 is 54.0 Å². The fourth-order valence-electron chi connectivity index (χ4n) is 6.75. The summed E-state index contributed by atoms with van der Waals surface area (Å²) in [5, 5.41) is 11.0. The average molecular weight is 532 g/mol. The van der Waals surface area contributed by atoms with Crippen LogP contribution in [-0.4, -0.2) is 30.6 Å². The number of sulfonamides is 1. The second kappa shape index (κ2) is 8.51. The molecular formula is C23H28F3N3O6S. The van der Waals surface area contributed by atoms with Crippen molar-refractivity contribution in [2.45, 2.75) is 69.0 Å². The first-order chi connectivity index (χ1) is 16.4. The van der Waals surface area contributed by atoms with Crippen LogP contribution in [0.4, 0.5) is 18.9 Å². The number of nitro groups is 1. The average Bonchev–Trinajstić information content (AvgIpc) is 2.73. The van der Waals surface area contributed by atoms with E-state index in [1.165, 1.54) is 13.8 Å². The zero-order valence-electron chi connectivity index (χ0n) is 19.8. The SMILES string of the molecule is CC(C)(NS(=O)(=O)c1ccc([N+](=O)[O-])c(C(F)(F)F)c1)C(=O)CC1C2CC3CC1CC(C(N)=O)(C3)C2. The number of Topliss-reactive ketones (excluding diaryl/α,β-unsaturated/α-hetero) is 1. The van der Waals surface area contributed by atoms with Crippen LogP contribution in [0.5, 0.6) is 0 Å². The van der Waals surface area contributed by atoms with Crippen LogP contribution >= 0.6 is 0 Å². The number of carbonyl (C=O) groups excluding carboxylic acids is 2. The zero-order chi connectivity index (χ0) is 26.8. The molecule has 4 saturated carbocycles. The molecule has 5 rings (SSSR count). The predicted molar refractivity (Wildman–Crippen MR) is 121 cm³/mol. The Hall–Kier alpha value is -2.54. The van der Waals surface area contributed by atoms with E-state index in [0.29, 0.717) is 30.9 Å². The summed E-state index contributed by atoms with van der Waals surface area (Å²) in [5.74, 6) is -0.108. The summed E-state index contributed by atoms with van der Waals surface area (Å²) in [7, 11) is -4.63. The number of nitrogens with one attached hydrogen (secondary N) is 1. The summed E-state index contributed by atoms with van der Waals surface area (Å²) in [5.41, 5.74) is 0.564. The summed E-state index contributed by atoms with van der Waals surface area (Å²) in [6, 6.07) is 1.38. The number of amides is 1. The van der Waals surface area contributed by atoms with Gasteiger partial charge in [-0.2, -0.15) is 17.9 Å². The van der Waals surface area contributed by atoms with E-state index in [1.54, 1.807) is 0 Å². The Morgan fingerprint density at radius 3 is 2.25 bits per heavy atom. The van der Waals surface area contributed by atoms with Crippen LogP contribution < -0.4 is 10.5 Å². The number of nitro benzene ring substituents is 1. The molecule has 0 aliphatic heterocycles. The van der Waals surface area contributed by atoms with Crippen molar-refractivity contribution in [2.75, 3.05) is 0 Å². The Balaban J connectivity index is 1.52. The minimum absolute atomic E-state index is 0.0264. The van der Waals surface area contributed by atoms with E-state index in [0.717, 1.165) is 19.3 Å². The Morgan fingerprint density at radius 2 is 1.75 bits per heavy atom. The largest absolute Gasteiger partial charge is 0.423 e. The maximum Gasteiger partial charge on any atom is 0.423 e. The standard InChI is InChI=1S/C23H28F3N3O6S/c1-21(2,28-36(34,35)15-3-4-18(29(32)33)17(7-15)23(24,25)26)19(30)8-16-13-5-12-6-14(16)11-22(9-12,10-13)20(27)31/h3-4,7,12-14,16,28H,5-6,8-11H2,1-2H3,(H2,27,31). The molecule has 36 heavy (non-hydrogen) atoms. The van der Waals surface area contributed by atoms with Crippen molar-refractivity contribution in [3.63, 3.8) is 0 Å². The molecule has 0 heterocycles. The van der Waals surface area contributed by atoms with Gasteiger partial charge in [0, 0.05) is 17.9 Å². The van der Waals surface area contributed by atoms with Crippen LogP contribution in [0.2, 0.25) is 0 Å². The van der Waals surface area contributed by atoms with E-state index >= 15 is 0 Å². The molecule has 13 heteroatoms. The maximum atomic E-state index is 13.3. The van der Waals surface area contributed by atoms with Gasteiger partial charge in [-0.05, 0) is 81.8 Å². The highest BCUT2D eigenvalue weighted by Crippen LogP contribution is 2.63. The highest BCUT2D eigenvalue weighted by Gasteiger charge is 2.58. The van der Waals surface area contributed by atoms with Gasteiger partial charge in [0.15, 0.2) is 5.78 Å². The number of carbonyl (C=O) groups is 2. The maximum absolute atomic E-state index is 13.3. The third kappa shape index (κ3) is 4.62. The highest BCUT2D eigenvalue weighted by molar-refractivity contribution is 7.89. The van der Waals surface area contributed by atoms with Crippen molar-refractivity contribution in [3.05, 3.63) is 33.9 Å². The molecule has 0 aromatic heterocycles. The van der Waals surface area contributed by atoms with Crippen molar-refractivity contribution >= 4 is 27.4 Å². The number of hydrogen-bond donors (Lipinski definition) is 2. The molecule has 0 radical (unpaired) electrons. The first kappa shape index (κ1) is 26.5. The number of rotatable bonds is 8. The van der Waals surface area contributed by atoms with Gasteiger partial charge in [0.25, 0.3) is 5.69 Å². The normalized spacial score (nSPS) is 29.8. The van der Waals surface area contributed by atoms with E-state index in [1.807, 2.05) is 0 Å². The molecule has 3 N–H and O–H groups in total. The van der Waals surface area contributed by atoms with Gasteiger partial charge in [-0.15, -0.1) is 0 Å². The molecule has 1 aromatic carbocycles. The molecule has 4 aliphatic carbocycles. The predicted octanol–water partition coefficient (Wildman–Crippen LogP) is 3.56. The highest BCUT2D eigenvalue weighted by atomic mass is 32.2. The Kier molecular flexibility index (Phi) is 6.27. The summed E-state index contributed by atoms with van der Waals surface area (Å²) < 4.78 is 68.0. The van der Waals surface area contributed by atoms with Gasteiger partial charge in [0.1, 0.15) is 5.56 Å². The summed E-state index contributed by atoms with van der Waals surface area (Å²) in [6.07, 6.45) is -1.31. The number of primary amides is 1. The van der Waals surface area contributed by atoms with E-state index in [4.69, 9.17) is 5.73 Å². The van der Waals surface area contributed by atoms with E-state index in [9.17, 15) is 41.3 Å². The lowest BCUT2D eigenvalue weighted by Crippen LogP contribution is -2.57. The summed E-state index contributed by atoms with van der Waals surface area (Å²) in [4.78, 5) is 34.3. The lowest BCUT2D eigenvalue weighted by Gasteiger charge is -2.59. The first-order valence-corrected chi connectivity index (χ1v) is 13.2. The van der Waals surface area contributed by atoms with E-state index in [2.05, 4.69) is 4.72 Å². The van der Waals surface area contributed by atoms with Gasteiger partial charge in [0.05, 0.1) is 15.4 Å². The van der Waals surface area contributed by atoms with Gasteiger partial charge in [-0.25, -0.2) is 8.42 Å². The zero-order valence-corrected chi connectivity index (χ0v) is 20.6. The van der Waals surface area contributed by atoms with Crippen molar-refractivity contribution in [1.82, 2.24) is 4.72 Å². The second-order valence-corrected chi connectivity index (χ2v) is 12.8. The number of ketones is 1. The topological polar surface area (TPSA) is 149 Å². The molecule has 4 bridgehead atoms.